The van der Waals surface area contributed by atoms with Gasteiger partial charge in [-0.25, -0.2) is 9.18 Å². The van der Waals surface area contributed by atoms with Crippen LogP contribution in [-0.4, -0.2) is 57.8 Å². The molecule has 0 bridgehead atoms. The molecule has 3 aliphatic heterocycles. The number of halogens is 1. The Kier molecular flexibility index (Phi) is 5.40. The number of methoxy groups -OCH3 is 1. The summed E-state index contributed by atoms with van der Waals surface area (Å²) in [6.07, 6.45) is 0. The van der Waals surface area contributed by atoms with Crippen molar-refractivity contribution in [1.29, 1.82) is 0 Å². The van der Waals surface area contributed by atoms with Gasteiger partial charge >= 0.3 is 5.97 Å². The van der Waals surface area contributed by atoms with Crippen LogP contribution in [0.2, 0.25) is 0 Å². The number of ether oxygens (including phenoxy) is 2. The highest BCUT2D eigenvalue weighted by Gasteiger charge is 2.60. The zero-order chi connectivity index (χ0) is 24.1. The van der Waals surface area contributed by atoms with Gasteiger partial charge in [0, 0.05) is 5.75 Å². The van der Waals surface area contributed by atoms with Crippen molar-refractivity contribution in [2.24, 2.45) is 0 Å². The molecule has 3 amide bonds. The molecule has 0 aromatic heterocycles. The number of β-lactam (4-membered cyclic amide) rings is 1. The number of thioether (sulfide) groups is 1. The summed E-state index contributed by atoms with van der Waals surface area (Å²) in [6.45, 7) is 1.73. The van der Waals surface area contributed by atoms with Gasteiger partial charge in [-0.1, -0.05) is 18.2 Å². The molecule has 3 heterocycles. The van der Waals surface area contributed by atoms with Crippen LogP contribution in [0.25, 0.3) is 0 Å². The second kappa shape index (κ2) is 8.28. The Bertz CT molecular complexity index is 1270. The van der Waals surface area contributed by atoms with Crippen molar-refractivity contribution < 1.29 is 33.0 Å². The van der Waals surface area contributed by atoms with E-state index in [0.29, 0.717) is 17.1 Å². The van der Waals surface area contributed by atoms with Gasteiger partial charge in [-0.15, -0.1) is 11.8 Å². The average molecular weight is 482 g/mol. The van der Waals surface area contributed by atoms with Crippen molar-refractivity contribution in [2.75, 3.05) is 12.9 Å². The van der Waals surface area contributed by atoms with Gasteiger partial charge in [-0.2, -0.15) is 0 Å². The molecule has 1 fully saturated rings. The molecule has 1 unspecified atom stereocenters. The molecule has 0 saturated carbocycles. The maximum Gasteiger partial charge on any atom is 0.355 e. The fourth-order valence-electron chi connectivity index (χ4n) is 4.30. The first kappa shape index (κ1) is 22.1. The molecule has 8 nitrogen and oxygen atoms in total. The molecule has 0 aliphatic carbocycles. The molecule has 1 saturated heterocycles. The van der Waals surface area contributed by atoms with E-state index in [1.54, 1.807) is 38.3 Å². The summed E-state index contributed by atoms with van der Waals surface area (Å²) in [5.41, 5.74) is 1.12. The topological polar surface area (TPSA) is 93.2 Å². The Balaban J connectivity index is 1.34. The van der Waals surface area contributed by atoms with Gasteiger partial charge in [0.05, 0.1) is 18.2 Å². The highest BCUT2D eigenvalue weighted by atomic mass is 32.2. The summed E-state index contributed by atoms with van der Waals surface area (Å²) >= 11 is 1.33. The van der Waals surface area contributed by atoms with Crippen molar-refractivity contribution in [3.05, 3.63) is 76.2 Å². The van der Waals surface area contributed by atoms with Crippen LogP contribution in [-0.2, 0) is 20.9 Å². The van der Waals surface area contributed by atoms with Crippen LogP contribution in [0.3, 0.4) is 0 Å². The van der Waals surface area contributed by atoms with Gasteiger partial charge in [-0.3, -0.25) is 24.2 Å². The number of esters is 1. The lowest BCUT2D eigenvalue weighted by Crippen LogP contribution is -2.71. The number of hydrogen-bond acceptors (Lipinski definition) is 7. The molecule has 3 aliphatic rings. The van der Waals surface area contributed by atoms with E-state index in [1.807, 2.05) is 0 Å². The maximum absolute atomic E-state index is 14.2. The van der Waals surface area contributed by atoms with Gasteiger partial charge in [0.1, 0.15) is 35.3 Å². The standard InChI is InChI=1S/C24H19FN2O6S/c1-12-11-34-23-19(26-20(28)15-4-3-5-16(25)17(15)21(26)29)22(30)27(23)18(12)24(31)33-10-13-6-8-14(32-2)9-7-13/h3-9,19,23H,10-11H2,1-2H3/t19?,23-/m0/s1. The first-order chi connectivity index (χ1) is 16.3. The minimum atomic E-state index is -1.12. The van der Waals surface area contributed by atoms with Crippen LogP contribution in [0.1, 0.15) is 33.2 Å². The van der Waals surface area contributed by atoms with Gasteiger partial charge in [0.2, 0.25) is 0 Å². The minimum Gasteiger partial charge on any atom is -0.497 e. The van der Waals surface area contributed by atoms with E-state index in [9.17, 15) is 23.6 Å². The van der Waals surface area contributed by atoms with E-state index in [4.69, 9.17) is 9.47 Å². The van der Waals surface area contributed by atoms with Crippen LogP contribution < -0.4 is 4.74 Å². The van der Waals surface area contributed by atoms with Gasteiger partial charge in [-0.05, 0) is 42.3 Å². The fraction of sp³-hybridized carbons (Fsp3) is 0.250. The lowest BCUT2D eigenvalue weighted by Gasteiger charge is -2.51. The molecule has 174 valence electrons. The van der Waals surface area contributed by atoms with E-state index in [1.165, 1.54) is 28.8 Å². The van der Waals surface area contributed by atoms with Crippen LogP contribution in [0.15, 0.2) is 53.7 Å². The smallest absolute Gasteiger partial charge is 0.355 e. The molecule has 2 atom stereocenters. The Morgan fingerprint density at radius 3 is 2.50 bits per heavy atom. The third kappa shape index (κ3) is 3.28. The highest BCUT2D eigenvalue weighted by molar-refractivity contribution is 8.00. The van der Waals surface area contributed by atoms with E-state index in [-0.39, 0.29) is 23.4 Å². The second-order valence-electron chi connectivity index (χ2n) is 8.05. The molecule has 2 aromatic carbocycles. The monoisotopic (exact) mass is 482 g/mol. The Labute approximate surface area is 198 Å². The van der Waals surface area contributed by atoms with Gasteiger partial charge < -0.3 is 9.47 Å². The molecule has 0 spiro atoms. The summed E-state index contributed by atoms with van der Waals surface area (Å²) in [4.78, 5) is 53.8. The van der Waals surface area contributed by atoms with Crippen LogP contribution >= 0.6 is 11.8 Å². The number of imide groups is 1. The van der Waals surface area contributed by atoms with Crippen LogP contribution in [0.4, 0.5) is 4.39 Å². The molecule has 2 aromatic rings. The predicted octanol–water partition coefficient (Wildman–Crippen LogP) is 2.73. The lowest BCUT2D eigenvalue weighted by molar-refractivity contribution is -0.154. The molecule has 0 radical (unpaired) electrons. The van der Waals surface area contributed by atoms with E-state index < -0.39 is 40.9 Å². The van der Waals surface area contributed by atoms with Crippen molar-refractivity contribution in [3.8, 4) is 5.75 Å². The molecular weight excluding hydrogens is 463 g/mol. The molecule has 34 heavy (non-hydrogen) atoms. The molecule has 5 rings (SSSR count). The molecule has 10 heteroatoms. The van der Waals surface area contributed by atoms with Crippen molar-refractivity contribution >= 4 is 35.5 Å². The number of nitrogens with zero attached hydrogens (tertiary/aromatic N) is 2. The SMILES string of the molecule is COc1ccc(COC(=O)C2=C(C)CS[C@H]3C(N4C(=O)c5cccc(F)c5C4=O)C(=O)N23)cc1. The Morgan fingerprint density at radius 1 is 1.09 bits per heavy atom. The van der Waals surface area contributed by atoms with E-state index in [0.717, 1.165) is 16.5 Å². The van der Waals surface area contributed by atoms with Gasteiger partial charge in [0.15, 0.2) is 0 Å². The number of carbonyl (C=O) groups excluding carboxylic acids is 4. The predicted molar refractivity (Wildman–Crippen MR) is 119 cm³/mol. The Hall–Kier alpha value is -3.66. The van der Waals surface area contributed by atoms with Crippen molar-refractivity contribution in [3.63, 3.8) is 0 Å². The van der Waals surface area contributed by atoms with Crippen molar-refractivity contribution in [1.82, 2.24) is 9.80 Å². The van der Waals surface area contributed by atoms with E-state index >= 15 is 0 Å². The zero-order valence-electron chi connectivity index (χ0n) is 18.2. The third-order valence-electron chi connectivity index (χ3n) is 6.03. The third-order valence-corrected chi connectivity index (χ3v) is 7.44. The number of rotatable bonds is 5. The first-order valence-corrected chi connectivity index (χ1v) is 11.5. The average Bonchev–Trinajstić information content (AvgIpc) is 3.09. The molecule has 0 N–H and O–H groups in total. The number of fused-ring (bicyclic) bond motifs is 2. The lowest BCUT2D eigenvalue weighted by atomic mass is 10.0. The Morgan fingerprint density at radius 2 is 1.82 bits per heavy atom. The summed E-state index contributed by atoms with van der Waals surface area (Å²) < 4.78 is 24.8. The fourth-order valence-corrected chi connectivity index (χ4v) is 5.64. The number of carbonyl (C=O) groups is 4. The van der Waals surface area contributed by atoms with Crippen LogP contribution in [0.5, 0.6) is 5.75 Å². The highest BCUT2D eigenvalue weighted by Crippen LogP contribution is 2.44. The zero-order valence-corrected chi connectivity index (χ0v) is 19.1. The quantitative estimate of drug-likeness (QED) is 0.368. The summed E-state index contributed by atoms with van der Waals surface area (Å²) in [5.74, 6) is -2.53. The summed E-state index contributed by atoms with van der Waals surface area (Å²) in [5, 5.41) is -0.648. The maximum atomic E-state index is 14.2. The number of amides is 3. The molecular formula is C24H19FN2O6S. The summed E-state index contributed by atoms with van der Waals surface area (Å²) in [6, 6.07) is 9.70. The van der Waals surface area contributed by atoms with Crippen LogP contribution in [0, 0.1) is 5.82 Å². The first-order valence-electron chi connectivity index (χ1n) is 10.4. The number of benzene rings is 2. The van der Waals surface area contributed by atoms with E-state index in [2.05, 4.69) is 0 Å². The number of hydrogen-bond donors (Lipinski definition) is 0. The second-order valence-corrected chi connectivity index (χ2v) is 9.16. The minimum absolute atomic E-state index is 0.000555. The summed E-state index contributed by atoms with van der Waals surface area (Å²) in [7, 11) is 1.55. The largest absolute Gasteiger partial charge is 0.497 e. The normalized spacial score (nSPS) is 21.3. The van der Waals surface area contributed by atoms with Gasteiger partial charge in [0.25, 0.3) is 17.7 Å². The van der Waals surface area contributed by atoms with Crippen molar-refractivity contribution in [2.45, 2.75) is 24.9 Å².